The fourth-order valence-corrected chi connectivity index (χ4v) is 0.697. The van der Waals surface area contributed by atoms with E-state index in [1.807, 2.05) is 20.8 Å². The van der Waals surface area contributed by atoms with Crippen LogP contribution < -0.4 is 0 Å². The van der Waals surface area contributed by atoms with Gasteiger partial charge in [0.2, 0.25) is 0 Å². The van der Waals surface area contributed by atoms with Gasteiger partial charge in [-0.3, -0.25) is 0 Å². The van der Waals surface area contributed by atoms with Crippen LogP contribution >= 0.6 is 0 Å². The Morgan fingerprint density at radius 2 is 1.55 bits per heavy atom. The van der Waals surface area contributed by atoms with Crippen LogP contribution in [0.2, 0.25) is 0 Å². The van der Waals surface area contributed by atoms with Crippen molar-refractivity contribution in [1.82, 2.24) is 0 Å². The van der Waals surface area contributed by atoms with Crippen molar-refractivity contribution in [3.05, 3.63) is 0 Å². The Bertz CT molecular complexity index is 104. The molecule has 0 radical (unpaired) electrons. The fraction of sp³-hybridized carbons (Fsp3) is 1.00. The van der Waals surface area contributed by atoms with Crippen LogP contribution in [0.3, 0.4) is 0 Å². The van der Waals surface area contributed by atoms with Crippen LogP contribution in [0.15, 0.2) is 0 Å². The molecular weight excluding hydrogens is 153 g/mol. The maximum absolute atomic E-state index is 12.3. The van der Waals surface area contributed by atoms with Gasteiger partial charge in [-0.15, -0.1) is 0 Å². The molecule has 0 amide bonds. The first-order valence-electron chi connectivity index (χ1n) is 3.75. The third-order valence-electron chi connectivity index (χ3n) is 1.44. The number of alkyl halides is 3. The second-order valence-corrected chi connectivity index (χ2v) is 3.95. The van der Waals surface area contributed by atoms with E-state index in [4.69, 9.17) is 0 Å². The molecule has 0 aromatic heterocycles. The zero-order chi connectivity index (χ0) is 9.07. The molecule has 68 valence electrons. The highest BCUT2D eigenvalue weighted by atomic mass is 19.3. The van der Waals surface area contributed by atoms with Gasteiger partial charge >= 0.3 is 0 Å². The minimum Gasteiger partial charge on any atom is -0.241 e. The van der Waals surface area contributed by atoms with E-state index in [1.165, 1.54) is 0 Å². The summed E-state index contributed by atoms with van der Waals surface area (Å²) in [7, 11) is 0. The molecule has 0 aliphatic heterocycles. The molecule has 0 spiro atoms. The Morgan fingerprint density at radius 1 is 1.09 bits per heavy atom. The monoisotopic (exact) mass is 168 g/mol. The van der Waals surface area contributed by atoms with Crippen molar-refractivity contribution in [2.45, 2.75) is 46.2 Å². The van der Waals surface area contributed by atoms with Crippen LogP contribution in [-0.4, -0.2) is 12.6 Å². The standard InChI is InChI=1S/C8H15F3/c1-8(2,3)5-4-6(9)7(10)11/h6-7H,4-5H2,1-3H3. The molecule has 0 heterocycles. The van der Waals surface area contributed by atoms with Crippen molar-refractivity contribution in [3.8, 4) is 0 Å². The molecule has 0 rings (SSSR count). The van der Waals surface area contributed by atoms with Crippen molar-refractivity contribution in [1.29, 1.82) is 0 Å². The van der Waals surface area contributed by atoms with Crippen molar-refractivity contribution >= 4 is 0 Å². The van der Waals surface area contributed by atoms with Gasteiger partial charge in [0.1, 0.15) is 0 Å². The molecule has 0 saturated carbocycles. The van der Waals surface area contributed by atoms with Crippen LogP contribution in [0.25, 0.3) is 0 Å². The van der Waals surface area contributed by atoms with E-state index in [0.717, 1.165) is 0 Å². The maximum atomic E-state index is 12.3. The first kappa shape index (κ1) is 10.8. The minimum absolute atomic E-state index is 0.0405. The second kappa shape index (κ2) is 3.98. The minimum atomic E-state index is -2.82. The maximum Gasteiger partial charge on any atom is 0.269 e. The van der Waals surface area contributed by atoms with Gasteiger partial charge in [-0.1, -0.05) is 20.8 Å². The van der Waals surface area contributed by atoms with Crippen LogP contribution in [0.1, 0.15) is 33.6 Å². The van der Waals surface area contributed by atoms with Crippen LogP contribution in [0.5, 0.6) is 0 Å². The third kappa shape index (κ3) is 6.20. The average molecular weight is 168 g/mol. The predicted molar refractivity (Wildman–Crippen MR) is 39.6 cm³/mol. The van der Waals surface area contributed by atoms with Gasteiger partial charge in [-0.2, -0.15) is 0 Å². The summed E-state index contributed by atoms with van der Waals surface area (Å²) in [5.41, 5.74) is -0.0563. The lowest BCUT2D eigenvalue weighted by molar-refractivity contribution is 0.0394. The third-order valence-corrected chi connectivity index (χ3v) is 1.44. The van der Waals surface area contributed by atoms with Gasteiger partial charge in [-0.05, 0) is 18.3 Å². The summed E-state index contributed by atoms with van der Waals surface area (Å²) < 4.78 is 35.6. The van der Waals surface area contributed by atoms with E-state index in [-0.39, 0.29) is 11.8 Å². The second-order valence-electron chi connectivity index (χ2n) is 3.95. The number of hydrogen-bond donors (Lipinski definition) is 0. The molecule has 1 unspecified atom stereocenters. The van der Waals surface area contributed by atoms with E-state index in [0.29, 0.717) is 6.42 Å². The smallest absolute Gasteiger partial charge is 0.241 e. The molecule has 0 nitrogen and oxygen atoms in total. The topological polar surface area (TPSA) is 0 Å². The van der Waals surface area contributed by atoms with E-state index < -0.39 is 12.6 Å². The molecule has 3 heteroatoms. The van der Waals surface area contributed by atoms with Crippen molar-refractivity contribution < 1.29 is 13.2 Å². The lowest BCUT2D eigenvalue weighted by atomic mass is 9.89. The van der Waals surface area contributed by atoms with Gasteiger partial charge in [0.25, 0.3) is 6.43 Å². The highest BCUT2D eigenvalue weighted by molar-refractivity contribution is 4.66. The van der Waals surface area contributed by atoms with E-state index in [9.17, 15) is 13.2 Å². The van der Waals surface area contributed by atoms with Gasteiger partial charge in [0, 0.05) is 0 Å². The van der Waals surface area contributed by atoms with Crippen LogP contribution in [-0.2, 0) is 0 Å². The van der Waals surface area contributed by atoms with Crippen LogP contribution in [0, 0.1) is 5.41 Å². The molecule has 0 aromatic rings. The lowest BCUT2D eigenvalue weighted by Crippen LogP contribution is -2.15. The lowest BCUT2D eigenvalue weighted by Gasteiger charge is -2.18. The highest BCUT2D eigenvalue weighted by Gasteiger charge is 2.21. The number of hydrogen-bond acceptors (Lipinski definition) is 0. The van der Waals surface area contributed by atoms with Gasteiger partial charge < -0.3 is 0 Å². The van der Waals surface area contributed by atoms with Gasteiger partial charge in [0.05, 0.1) is 0 Å². The molecule has 0 aliphatic carbocycles. The summed E-state index contributed by atoms with van der Waals surface area (Å²) in [4.78, 5) is 0. The SMILES string of the molecule is CC(C)(C)CCC(F)C(F)F. The molecule has 11 heavy (non-hydrogen) atoms. The normalized spacial score (nSPS) is 15.5. The van der Waals surface area contributed by atoms with E-state index in [2.05, 4.69) is 0 Å². The van der Waals surface area contributed by atoms with Crippen LogP contribution in [0.4, 0.5) is 13.2 Å². The summed E-state index contributed by atoms with van der Waals surface area (Å²) >= 11 is 0. The Morgan fingerprint density at radius 3 is 1.82 bits per heavy atom. The number of halogens is 3. The Kier molecular flexibility index (Phi) is 3.90. The zero-order valence-electron chi connectivity index (χ0n) is 7.20. The molecular formula is C8H15F3. The molecule has 0 aromatic carbocycles. The Balaban J connectivity index is 3.54. The van der Waals surface area contributed by atoms with E-state index >= 15 is 0 Å². The van der Waals surface area contributed by atoms with Crippen molar-refractivity contribution in [3.63, 3.8) is 0 Å². The van der Waals surface area contributed by atoms with E-state index in [1.54, 1.807) is 0 Å². The molecule has 0 N–H and O–H groups in total. The zero-order valence-corrected chi connectivity index (χ0v) is 7.20. The highest BCUT2D eigenvalue weighted by Crippen LogP contribution is 2.24. The molecule has 0 saturated heterocycles. The summed E-state index contributed by atoms with van der Waals surface area (Å²) in [5.74, 6) is 0. The summed E-state index contributed by atoms with van der Waals surface area (Å²) in [6, 6.07) is 0. The molecule has 1 atom stereocenters. The largest absolute Gasteiger partial charge is 0.269 e. The molecule has 0 fully saturated rings. The summed E-state index contributed by atoms with van der Waals surface area (Å²) in [6.45, 7) is 5.72. The Labute approximate surface area is 65.8 Å². The quantitative estimate of drug-likeness (QED) is 0.605. The fourth-order valence-electron chi connectivity index (χ4n) is 0.697. The average Bonchev–Trinajstić information content (AvgIpc) is 1.80. The Hall–Kier alpha value is -0.210. The van der Waals surface area contributed by atoms with Gasteiger partial charge in [0.15, 0.2) is 6.17 Å². The molecule has 0 aliphatic rings. The first-order chi connectivity index (χ1) is 4.83. The van der Waals surface area contributed by atoms with Gasteiger partial charge in [-0.25, -0.2) is 13.2 Å². The number of rotatable bonds is 3. The summed E-state index contributed by atoms with van der Waals surface area (Å²) in [5, 5.41) is 0. The van der Waals surface area contributed by atoms with Crippen molar-refractivity contribution in [2.75, 3.05) is 0 Å². The van der Waals surface area contributed by atoms with Crippen molar-refractivity contribution in [2.24, 2.45) is 5.41 Å². The molecule has 0 bridgehead atoms. The predicted octanol–water partition coefficient (Wildman–Crippen LogP) is 3.42. The summed E-state index contributed by atoms with van der Waals surface area (Å²) in [6.07, 6.45) is -4.31. The first-order valence-corrected chi connectivity index (χ1v) is 3.75.